The molecule has 3 nitrogen and oxygen atoms in total. The summed E-state index contributed by atoms with van der Waals surface area (Å²) in [6.07, 6.45) is 3.94. The molecule has 1 aliphatic rings. The van der Waals surface area contributed by atoms with Crippen LogP contribution in [0.25, 0.3) is 6.08 Å². The first-order chi connectivity index (χ1) is 10.4. The van der Waals surface area contributed by atoms with E-state index in [1.54, 1.807) is 5.23 Å². The summed E-state index contributed by atoms with van der Waals surface area (Å²) in [6.45, 7) is 5.65. The van der Waals surface area contributed by atoms with Crippen molar-refractivity contribution in [3.63, 3.8) is 0 Å². The van der Waals surface area contributed by atoms with Gasteiger partial charge in [0.2, 0.25) is 0 Å². The monoisotopic (exact) mass is 410 g/mol. The molecular formula is C18H30Cl2NO2Ti. The van der Waals surface area contributed by atoms with Crippen LogP contribution in [0.4, 0.5) is 0 Å². The van der Waals surface area contributed by atoms with Crippen molar-refractivity contribution in [1.82, 2.24) is 3.80 Å². The fraction of sp³-hybridized carbons (Fsp3) is 0.500. The van der Waals surface area contributed by atoms with E-state index in [1.165, 1.54) is 7.11 Å². The van der Waals surface area contributed by atoms with Gasteiger partial charge in [-0.15, -0.1) is 0 Å². The molecule has 1 aliphatic carbocycles. The van der Waals surface area contributed by atoms with E-state index >= 15 is 0 Å². The first-order valence-electron chi connectivity index (χ1n) is 8.37. The van der Waals surface area contributed by atoms with Gasteiger partial charge in [-0.1, -0.05) is 0 Å². The van der Waals surface area contributed by atoms with Crippen LogP contribution in [0.5, 0.6) is 0 Å². The van der Waals surface area contributed by atoms with E-state index in [4.69, 9.17) is 21.9 Å². The molecule has 137 valence electrons. The Bertz CT molecular complexity index is 900. The minimum absolute atomic E-state index is 0.00672. The molecule has 0 amide bonds. The SMILES string of the molecule is [CH2]=[Ti]([CH3])([Cl])([Cl])([CH2]CO)([NH]C(C)(C)C)([O]C)[CH]1C=Cc2ccccc21. The van der Waals surface area contributed by atoms with Crippen molar-refractivity contribution in [3.8, 4) is 0 Å². The fourth-order valence-corrected chi connectivity index (χ4v) is 21.3. The van der Waals surface area contributed by atoms with Crippen LogP contribution in [0, 0.1) is 0 Å². The molecule has 0 spiro atoms. The first-order valence-corrected chi connectivity index (χ1v) is 18.8. The molecule has 24 heavy (non-hydrogen) atoms. The van der Waals surface area contributed by atoms with Crippen molar-refractivity contribution in [2.45, 2.75) is 40.5 Å². The Morgan fingerprint density at radius 2 is 1.88 bits per heavy atom. The van der Waals surface area contributed by atoms with Gasteiger partial charge in [-0.05, 0) is 0 Å². The predicted molar refractivity (Wildman–Crippen MR) is 105 cm³/mol. The van der Waals surface area contributed by atoms with Crippen LogP contribution in [-0.2, 0) is 12.8 Å². The van der Waals surface area contributed by atoms with Crippen molar-refractivity contribution in [2.24, 2.45) is 0 Å². The molecule has 0 saturated heterocycles. The number of aliphatic hydroxyl groups is 1. The van der Waals surface area contributed by atoms with Crippen molar-refractivity contribution < 1.29 is 17.9 Å². The molecule has 0 aromatic heterocycles. The number of halogens is 2. The van der Waals surface area contributed by atoms with E-state index < -0.39 is 19.3 Å². The Morgan fingerprint density at radius 1 is 1.29 bits per heavy atom. The third-order valence-electron chi connectivity index (χ3n) is 5.93. The number of hydrogen-bond donors (Lipinski definition) is 2. The van der Waals surface area contributed by atoms with Gasteiger partial charge >= 0.3 is 147 Å². The molecule has 6 heteroatoms. The summed E-state index contributed by atoms with van der Waals surface area (Å²) in [6, 6.07) is 7.91. The Balaban J connectivity index is 3.02. The Labute approximate surface area is 146 Å². The van der Waals surface area contributed by atoms with Gasteiger partial charge in [0.25, 0.3) is 0 Å². The third kappa shape index (κ3) is 2.79. The molecule has 2 N–H and O–H groups in total. The molecule has 1 atom stereocenters. The Morgan fingerprint density at radius 3 is 2.38 bits per heavy atom. The maximum absolute atomic E-state index is 9.99. The number of nitrogens with one attached hydrogen (secondary N) is 1. The van der Waals surface area contributed by atoms with Crippen molar-refractivity contribution in [2.75, 3.05) is 13.7 Å². The zero-order chi connectivity index (χ0) is 18.7. The standard InChI is InChI=1S/C9H7.C4H10N.C2H5O.CH3O.CH3.CH2.2ClH.Ti/c1-2-5-9-7-3-6-8(9)4-1;1-4(2,3)5;1-2-3;1-2;;;;;/h1-7H;5H,1-3H3;3H,1-2H2;1H3;1H3;1H2;2*1H;/q;-1;;-1;;;;;+4/p-2. The summed E-state index contributed by atoms with van der Waals surface area (Å²) in [5, 5.41) is 11.7. The van der Waals surface area contributed by atoms with Crippen LogP contribution in [0.2, 0.25) is 9.95 Å². The summed E-state index contributed by atoms with van der Waals surface area (Å²) in [5.41, 5.74) is 1.48. The average molecular weight is 411 g/mol. The molecular weight excluding hydrogens is 381 g/mol. The van der Waals surface area contributed by atoms with Gasteiger partial charge in [-0.2, -0.15) is 0 Å². The van der Waals surface area contributed by atoms with Gasteiger partial charge in [0.15, 0.2) is 0 Å². The van der Waals surface area contributed by atoms with Gasteiger partial charge in [0.1, 0.15) is 0 Å². The summed E-state index contributed by atoms with van der Waals surface area (Å²) >= 11 is 0. The van der Waals surface area contributed by atoms with Crippen LogP contribution in [-0.4, -0.2) is 29.2 Å². The first kappa shape index (κ1) is 20.3. The number of rotatable bonds is 5. The number of benzene rings is 1. The quantitative estimate of drug-likeness (QED) is 0.662. The Hall–Kier alpha value is 0.00429. The Kier molecular flexibility index (Phi) is 3.36. The molecule has 1 aromatic carbocycles. The average Bonchev–Trinajstić information content (AvgIpc) is 2.82. The second-order valence-corrected chi connectivity index (χ2v) is 42.0. The molecule has 1 unspecified atom stereocenters. The summed E-state index contributed by atoms with van der Waals surface area (Å²) in [7, 11) is 10.0. The van der Waals surface area contributed by atoms with Gasteiger partial charge in [-0.25, -0.2) is 0 Å². The number of allylic oxidation sites excluding steroid dienone is 1. The summed E-state index contributed by atoms with van der Waals surface area (Å²) in [5.74, 6) is 0. The van der Waals surface area contributed by atoms with E-state index in [-0.39, 0.29) is 11.3 Å². The van der Waals surface area contributed by atoms with E-state index in [2.05, 4.69) is 8.62 Å². The van der Waals surface area contributed by atoms with Gasteiger partial charge in [0.05, 0.1) is 0 Å². The molecule has 0 radical (unpaired) electrons. The topological polar surface area (TPSA) is 41.5 Å². The maximum atomic E-state index is 9.99. The summed E-state index contributed by atoms with van der Waals surface area (Å²) < 4.78 is 9.14. The molecule has 0 aliphatic heterocycles. The van der Waals surface area contributed by atoms with Gasteiger partial charge < -0.3 is 0 Å². The van der Waals surface area contributed by atoms with E-state index in [0.717, 1.165) is 11.1 Å². The third-order valence-corrected chi connectivity index (χ3v) is 25.2. The molecule has 0 fully saturated rings. The van der Waals surface area contributed by atoms with Crippen molar-refractivity contribution in [3.05, 3.63) is 41.5 Å². The van der Waals surface area contributed by atoms with Crippen LogP contribution in [0.3, 0.4) is 0 Å². The molecule has 0 bridgehead atoms. The number of aliphatic hydroxyl groups excluding tert-OH is 1. The fourth-order valence-electron chi connectivity index (χ4n) is 4.85. The zero-order valence-electron chi connectivity index (χ0n) is 15.3. The molecule has 1 aromatic rings. The second-order valence-electron chi connectivity index (χ2n) is 10.2. The van der Waals surface area contributed by atoms with Gasteiger partial charge in [-0.3, -0.25) is 0 Å². The molecule has 2 rings (SSSR count). The second kappa shape index (κ2) is 3.96. The number of fused-ring (bicyclic) bond motifs is 1. The van der Waals surface area contributed by atoms with Crippen LogP contribution in [0.1, 0.15) is 36.1 Å². The normalized spacial score (nSPS) is 24.4. The van der Waals surface area contributed by atoms with E-state index in [9.17, 15) is 5.11 Å². The van der Waals surface area contributed by atoms with Gasteiger partial charge in [0, 0.05) is 0 Å². The molecule has 0 heterocycles. The van der Waals surface area contributed by atoms with E-state index in [0.29, 0.717) is 0 Å². The van der Waals surface area contributed by atoms with Crippen LogP contribution < -0.4 is 3.80 Å². The molecule has 0 saturated carbocycles. The minimum atomic E-state index is -6.74. The van der Waals surface area contributed by atoms with Crippen LogP contribution >= 0.6 is 18.6 Å². The number of hydrogen-bond acceptors (Lipinski definition) is 3. The summed E-state index contributed by atoms with van der Waals surface area (Å²) in [4.78, 5) is 4.52. The predicted octanol–water partition coefficient (Wildman–Crippen LogP) is 5.11. The van der Waals surface area contributed by atoms with E-state index in [1.807, 2.05) is 57.2 Å². The van der Waals surface area contributed by atoms with Crippen molar-refractivity contribution >= 4 is 29.5 Å². The zero-order valence-corrected chi connectivity index (χ0v) is 18.3. The van der Waals surface area contributed by atoms with Crippen LogP contribution in [0.15, 0.2) is 30.3 Å². The van der Waals surface area contributed by atoms with Crippen molar-refractivity contribution in [1.29, 1.82) is 0 Å².